The number of nitrogens with one attached hydrogen (secondary N) is 1. The Morgan fingerprint density at radius 3 is 2.56 bits per heavy atom. The van der Waals surface area contributed by atoms with Crippen LogP contribution in [0.1, 0.15) is 28.4 Å². The molecule has 3 heterocycles. The number of carbonyl (C=O) groups is 3. The summed E-state index contributed by atoms with van der Waals surface area (Å²) in [5.41, 5.74) is 1.96. The van der Waals surface area contributed by atoms with Gasteiger partial charge >= 0.3 is 0 Å². The number of hydrogen-bond acceptors (Lipinski definition) is 5. The third-order valence-electron chi connectivity index (χ3n) is 7.68. The molecular formula is C29H23ClN2O4. The smallest absolute Gasteiger partial charge is 0.238 e. The predicted molar refractivity (Wildman–Crippen MR) is 139 cm³/mol. The third-order valence-corrected chi connectivity index (χ3v) is 8.01. The van der Waals surface area contributed by atoms with Gasteiger partial charge in [0, 0.05) is 22.5 Å². The van der Waals surface area contributed by atoms with Crippen LogP contribution in [0.5, 0.6) is 5.75 Å². The van der Waals surface area contributed by atoms with E-state index in [0.717, 1.165) is 11.3 Å². The highest BCUT2D eigenvalue weighted by Gasteiger charge is 2.69. The molecule has 0 radical (unpaired) electrons. The Hall–Kier alpha value is -3.90. The number of ketones is 2. The Morgan fingerprint density at radius 1 is 1.06 bits per heavy atom. The first-order valence-electron chi connectivity index (χ1n) is 11.7. The lowest BCUT2D eigenvalue weighted by Crippen LogP contribution is -2.51. The van der Waals surface area contributed by atoms with Gasteiger partial charge in [0.05, 0.1) is 30.1 Å². The van der Waals surface area contributed by atoms with Crippen LogP contribution >= 0.6 is 11.6 Å². The van der Waals surface area contributed by atoms with Crippen molar-refractivity contribution in [2.45, 2.75) is 24.4 Å². The second-order valence-electron chi connectivity index (χ2n) is 9.38. The molecule has 3 aromatic carbocycles. The fourth-order valence-corrected chi connectivity index (χ4v) is 6.49. The molecule has 0 aliphatic carbocycles. The molecule has 0 bridgehead atoms. The fraction of sp³-hybridized carbons (Fsp3) is 0.207. The predicted octanol–water partition coefficient (Wildman–Crippen LogP) is 4.91. The topological polar surface area (TPSA) is 75.7 Å². The molecule has 6 rings (SSSR count). The van der Waals surface area contributed by atoms with Crippen molar-refractivity contribution in [2.24, 2.45) is 5.92 Å². The average Bonchev–Trinajstić information content (AvgIpc) is 3.36. The molecule has 0 aromatic heterocycles. The SMILES string of the molecule is COc1ccc2c(c1)C=C[C@H]1N2[C@H](C(C)=O)[C@@H](C(=O)c2ccccc2Cl)[C@]12C(=O)Nc1ccccc12. The number of halogens is 1. The minimum absolute atomic E-state index is 0.198. The van der Waals surface area contributed by atoms with Crippen LogP contribution < -0.4 is 15.0 Å². The Kier molecular flexibility index (Phi) is 5.05. The summed E-state index contributed by atoms with van der Waals surface area (Å²) < 4.78 is 5.40. The molecule has 7 heteroatoms. The molecule has 1 spiro atoms. The first-order chi connectivity index (χ1) is 17.4. The van der Waals surface area contributed by atoms with Crippen molar-refractivity contribution in [2.75, 3.05) is 17.3 Å². The average molecular weight is 499 g/mol. The molecule has 180 valence electrons. The number of para-hydroxylation sites is 1. The number of ether oxygens (including phenoxy) is 1. The van der Waals surface area contributed by atoms with Gasteiger partial charge in [0.2, 0.25) is 5.91 Å². The van der Waals surface area contributed by atoms with E-state index in [-0.39, 0.29) is 22.5 Å². The van der Waals surface area contributed by atoms with Crippen molar-refractivity contribution in [1.29, 1.82) is 0 Å². The molecule has 3 aromatic rings. The summed E-state index contributed by atoms with van der Waals surface area (Å²) in [5, 5.41) is 3.29. The maximum atomic E-state index is 14.4. The summed E-state index contributed by atoms with van der Waals surface area (Å²) in [6.07, 6.45) is 3.87. The van der Waals surface area contributed by atoms with E-state index >= 15 is 0 Å². The molecule has 1 fully saturated rings. The van der Waals surface area contributed by atoms with Gasteiger partial charge in [0.15, 0.2) is 11.6 Å². The molecule has 0 saturated carbocycles. The van der Waals surface area contributed by atoms with Gasteiger partial charge in [0.25, 0.3) is 0 Å². The molecule has 6 nitrogen and oxygen atoms in total. The van der Waals surface area contributed by atoms with Gasteiger partial charge in [-0.3, -0.25) is 14.4 Å². The number of nitrogens with zero attached hydrogens (tertiary/aromatic N) is 1. The van der Waals surface area contributed by atoms with Gasteiger partial charge in [-0.25, -0.2) is 0 Å². The van der Waals surface area contributed by atoms with E-state index in [1.165, 1.54) is 6.92 Å². The molecule has 1 N–H and O–H groups in total. The number of anilines is 2. The highest BCUT2D eigenvalue weighted by Crippen LogP contribution is 2.58. The second-order valence-corrected chi connectivity index (χ2v) is 9.79. The van der Waals surface area contributed by atoms with Gasteiger partial charge in [-0.05, 0) is 48.9 Å². The summed E-state index contributed by atoms with van der Waals surface area (Å²) in [5.74, 6) is -1.14. The number of fused-ring (bicyclic) bond motifs is 6. The van der Waals surface area contributed by atoms with E-state index in [0.29, 0.717) is 22.6 Å². The van der Waals surface area contributed by atoms with E-state index < -0.39 is 23.4 Å². The molecule has 4 atom stereocenters. The van der Waals surface area contributed by atoms with E-state index in [9.17, 15) is 14.4 Å². The molecule has 36 heavy (non-hydrogen) atoms. The lowest BCUT2D eigenvalue weighted by Gasteiger charge is -2.37. The van der Waals surface area contributed by atoms with Crippen LogP contribution in [-0.4, -0.2) is 36.7 Å². The van der Waals surface area contributed by atoms with E-state index in [4.69, 9.17) is 16.3 Å². The lowest BCUT2D eigenvalue weighted by molar-refractivity contribution is -0.122. The van der Waals surface area contributed by atoms with Crippen LogP contribution in [0, 0.1) is 5.92 Å². The van der Waals surface area contributed by atoms with Gasteiger partial charge in [-0.15, -0.1) is 0 Å². The largest absolute Gasteiger partial charge is 0.497 e. The maximum absolute atomic E-state index is 14.4. The number of methoxy groups -OCH3 is 1. The molecule has 3 aliphatic rings. The maximum Gasteiger partial charge on any atom is 0.238 e. The Morgan fingerprint density at radius 2 is 1.81 bits per heavy atom. The fourth-order valence-electron chi connectivity index (χ4n) is 6.27. The molecule has 1 amide bonds. The second kappa shape index (κ2) is 8.07. The Labute approximate surface area is 213 Å². The van der Waals surface area contributed by atoms with Gasteiger partial charge in [0.1, 0.15) is 11.2 Å². The standard InChI is InChI=1S/C29H23ClN2O4/c1-16(33)26-25(27(34)19-7-3-5-9-21(19)30)29(20-8-4-6-10-22(20)31-28(29)35)24-14-11-17-15-18(36-2)12-13-23(17)32(24)26/h3-15,24-26H,1-2H3,(H,31,35)/t24-,25+,26-,29-/m1/s1. The van der Waals surface area contributed by atoms with Gasteiger partial charge in [-0.1, -0.05) is 54.1 Å². The summed E-state index contributed by atoms with van der Waals surface area (Å²) >= 11 is 6.48. The number of carbonyl (C=O) groups excluding carboxylic acids is 3. The van der Waals surface area contributed by atoms with Crippen LogP contribution in [0.25, 0.3) is 6.08 Å². The van der Waals surface area contributed by atoms with Gasteiger partial charge in [-0.2, -0.15) is 0 Å². The van der Waals surface area contributed by atoms with Crippen molar-refractivity contribution >= 4 is 46.5 Å². The summed E-state index contributed by atoms with van der Waals surface area (Å²) in [4.78, 5) is 43.8. The Balaban J connectivity index is 1.66. The third kappa shape index (κ3) is 2.88. The monoisotopic (exact) mass is 498 g/mol. The van der Waals surface area contributed by atoms with Crippen LogP contribution in [0.15, 0.2) is 72.8 Å². The summed E-state index contributed by atoms with van der Waals surface area (Å²) in [7, 11) is 1.60. The van der Waals surface area contributed by atoms with Crippen molar-refractivity contribution < 1.29 is 19.1 Å². The van der Waals surface area contributed by atoms with E-state index in [1.54, 1.807) is 31.4 Å². The first-order valence-corrected chi connectivity index (χ1v) is 12.1. The normalized spacial score (nSPS) is 25.2. The number of rotatable bonds is 4. The van der Waals surface area contributed by atoms with Crippen molar-refractivity contribution in [3.8, 4) is 5.75 Å². The zero-order chi connectivity index (χ0) is 25.2. The number of amides is 1. The van der Waals surface area contributed by atoms with Crippen molar-refractivity contribution in [1.82, 2.24) is 0 Å². The first kappa shape index (κ1) is 22.6. The molecule has 3 aliphatic heterocycles. The van der Waals surface area contributed by atoms with Crippen molar-refractivity contribution in [3.05, 3.63) is 94.5 Å². The highest BCUT2D eigenvalue weighted by molar-refractivity contribution is 6.34. The quantitative estimate of drug-likeness (QED) is 0.517. The van der Waals surface area contributed by atoms with Crippen LogP contribution in [0.4, 0.5) is 11.4 Å². The minimum atomic E-state index is -1.32. The summed E-state index contributed by atoms with van der Waals surface area (Å²) in [6.45, 7) is 1.48. The number of hydrogen-bond donors (Lipinski definition) is 1. The van der Waals surface area contributed by atoms with Crippen LogP contribution in [0.2, 0.25) is 5.02 Å². The Bertz CT molecular complexity index is 1480. The number of Topliss-reactive ketones (excluding diaryl/α,β-unsaturated/α-hetero) is 2. The van der Waals surface area contributed by atoms with Crippen molar-refractivity contribution in [3.63, 3.8) is 0 Å². The van der Waals surface area contributed by atoms with Gasteiger partial charge < -0.3 is 15.0 Å². The molecule has 0 unspecified atom stereocenters. The van der Waals surface area contributed by atoms with Crippen LogP contribution in [0.3, 0.4) is 0 Å². The lowest BCUT2D eigenvalue weighted by atomic mass is 9.64. The zero-order valence-corrected chi connectivity index (χ0v) is 20.5. The highest BCUT2D eigenvalue weighted by atomic mass is 35.5. The molecular weight excluding hydrogens is 476 g/mol. The zero-order valence-electron chi connectivity index (χ0n) is 19.7. The van der Waals surface area contributed by atoms with Crippen LogP contribution in [-0.2, 0) is 15.0 Å². The summed E-state index contributed by atoms with van der Waals surface area (Å²) in [6, 6.07) is 18.3. The molecule has 1 saturated heterocycles. The van der Waals surface area contributed by atoms with E-state index in [1.807, 2.05) is 59.5 Å². The minimum Gasteiger partial charge on any atom is -0.497 e. The van der Waals surface area contributed by atoms with E-state index in [2.05, 4.69) is 5.32 Å². The number of benzene rings is 3.